The van der Waals surface area contributed by atoms with Crippen LogP contribution in [-0.2, 0) is 12.8 Å². The Labute approximate surface area is 119 Å². The van der Waals surface area contributed by atoms with Crippen LogP contribution >= 0.6 is 23.2 Å². The van der Waals surface area contributed by atoms with Gasteiger partial charge in [0.1, 0.15) is 0 Å². The number of nitrogen functional groups attached to an aromatic ring is 1. The standard InChI is InChI=1S/C13H11Cl2N3O/c14-8-5-4-7-10(13(19)18-16)6-2-1-3-9(6)17-12(7)11(8)15/h4-5H,1-3,16H2,(H,18,19). The zero-order valence-corrected chi connectivity index (χ0v) is 11.5. The van der Waals surface area contributed by atoms with E-state index in [1.54, 1.807) is 12.1 Å². The zero-order chi connectivity index (χ0) is 13.6. The van der Waals surface area contributed by atoms with Crippen LogP contribution in [0.2, 0.25) is 10.0 Å². The number of aromatic nitrogens is 1. The maximum absolute atomic E-state index is 12.0. The highest BCUT2D eigenvalue weighted by Gasteiger charge is 2.24. The van der Waals surface area contributed by atoms with Gasteiger partial charge in [0.05, 0.1) is 21.1 Å². The predicted molar refractivity (Wildman–Crippen MR) is 75.4 cm³/mol. The van der Waals surface area contributed by atoms with Crippen molar-refractivity contribution in [2.24, 2.45) is 5.84 Å². The van der Waals surface area contributed by atoms with Crippen LogP contribution in [0.5, 0.6) is 0 Å². The van der Waals surface area contributed by atoms with Gasteiger partial charge in [-0.1, -0.05) is 29.3 Å². The minimum absolute atomic E-state index is 0.316. The summed E-state index contributed by atoms with van der Waals surface area (Å²) in [6.45, 7) is 0. The van der Waals surface area contributed by atoms with Crippen LogP contribution in [0.4, 0.5) is 0 Å². The molecule has 1 amide bonds. The Kier molecular flexibility index (Phi) is 3.09. The molecule has 0 saturated carbocycles. The summed E-state index contributed by atoms with van der Waals surface area (Å²) in [6.07, 6.45) is 2.66. The normalized spacial score (nSPS) is 13.6. The van der Waals surface area contributed by atoms with Crippen molar-refractivity contribution in [1.29, 1.82) is 0 Å². The van der Waals surface area contributed by atoms with E-state index in [1.165, 1.54) is 0 Å². The van der Waals surface area contributed by atoms with Gasteiger partial charge in [0.25, 0.3) is 5.91 Å². The molecule has 0 fully saturated rings. The molecule has 6 heteroatoms. The SMILES string of the molecule is NNC(=O)c1c2c(nc3c(Cl)c(Cl)ccc13)CCC2. The fraction of sp³-hybridized carbons (Fsp3) is 0.231. The summed E-state index contributed by atoms with van der Waals surface area (Å²) in [7, 11) is 0. The van der Waals surface area contributed by atoms with Crippen molar-refractivity contribution in [3.8, 4) is 0 Å². The van der Waals surface area contributed by atoms with E-state index in [0.717, 1.165) is 30.5 Å². The Bertz CT molecular complexity index is 700. The Balaban J connectivity index is 2.44. The molecule has 0 spiro atoms. The lowest BCUT2D eigenvalue weighted by Gasteiger charge is -2.12. The van der Waals surface area contributed by atoms with Gasteiger partial charge in [-0.15, -0.1) is 0 Å². The van der Waals surface area contributed by atoms with Crippen molar-refractivity contribution in [2.75, 3.05) is 0 Å². The Morgan fingerprint density at radius 1 is 1.32 bits per heavy atom. The van der Waals surface area contributed by atoms with Gasteiger partial charge in [-0.25, -0.2) is 5.84 Å². The molecule has 1 heterocycles. The van der Waals surface area contributed by atoms with Crippen LogP contribution < -0.4 is 11.3 Å². The van der Waals surface area contributed by atoms with Gasteiger partial charge in [-0.05, 0) is 30.9 Å². The van der Waals surface area contributed by atoms with Crippen LogP contribution in [0, 0.1) is 0 Å². The van der Waals surface area contributed by atoms with Crippen LogP contribution in [-0.4, -0.2) is 10.9 Å². The van der Waals surface area contributed by atoms with Gasteiger partial charge < -0.3 is 0 Å². The molecule has 0 aliphatic heterocycles. The Morgan fingerprint density at radius 2 is 2.11 bits per heavy atom. The largest absolute Gasteiger partial charge is 0.290 e. The molecule has 19 heavy (non-hydrogen) atoms. The summed E-state index contributed by atoms with van der Waals surface area (Å²) in [5, 5.41) is 1.50. The summed E-state index contributed by atoms with van der Waals surface area (Å²) in [5.41, 5.74) is 5.20. The van der Waals surface area contributed by atoms with Gasteiger partial charge in [0, 0.05) is 11.1 Å². The third-order valence-electron chi connectivity index (χ3n) is 3.43. The summed E-state index contributed by atoms with van der Waals surface area (Å²) in [4.78, 5) is 16.6. The Morgan fingerprint density at radius 3 is 2.84 bits per heavy atom. The average Bonchev–Trinajstić information content (AvgIpc) is 2.88. The lowest BCUT2D eigenvalue weighted by Crippen LogP contribution is -2.31. The van der Waals surface area contributed by atoms with Crippen molar-refractivity contribution in [3.63, 3.8) is 0 Å². The number of carbonyl (C=O) groups is 1. The molecule has 4 nitrogen and oxygen atoms in total. The van der Waals surface area contributed by atoms with Gasteiger partial charge in [-0.2, -0.15) is 0 Å². The number of hydrogen-bond acceptors (Lipinski definition) is 3. The topological polar surface area (TPSA) is 68.0 Å². The predicted octanol–water partition coefficient (Wildman–Crippen LogP) is 2.63. The number of hydrazine groups is 1. The second kappa shape index (κ2) is 4.63. The highest BCUT2D eigenvalue weighted by Crippen LogP contribution is 2.35. The van der Waals surface area contributed by atoms with Crippen molar-refractivity contribution in [1.82, 2.24) is 10.4 Å². The molecule has 0 radical (unpaired) electrons. The molecule has 1 aliphatic carbocycles. The van der Waals surface area contributed by atoms with Crippen molar-refractivity contribution >= 4 is 40.0 Å². The molecule has 1 aromatic carbocycles. The Hall–Kier alpha value is -1.36. The molecular weight excluding hydrogens is 285 g/mol. The van der Waals surface area contributed by atoms with Crippen molar-refractivity contribution in [2.45, 2.75) is 19.3 Å². The summed E-state index contributed by atoms with van der Waals surface area (Å²) >= 11 is 12.2. The smallest absolute Gasteiger partial charge is 0.266 e. The molecule has 0 saturated heterocycles. The van der Waals surface area contributed by atoms with Crippen LogP contribution in [0.15, 0.2) is 12.1 Å². The number of pyridine rings is 1. The number of halogens is 2. The quantitative estimate of drug-likeness (QED) is 0.483. The van der Waals surface area contributed by atoms with E-state index in [4.69, 9.17) is 29.0 Å². The maximum Gasteiger partial charge on any atom is 0.266 e. The second-order valence-electron chi connectivity index (χ2n) is 4.50. The fourth-order valence-electron chi connectivity index (χ4n) is 2.60. The first kappa shape index (κ1) is 12.7. The first-order valence-electron chi connectivity index (χ1n) is 5.94. The number of fused-ring (bicyclic) bond motifs is 2. The van der Waals surface area contributed by atoms with E-state index in [9.17, 15) is 4.79 Å². The van der Waals surface area contributed by atoms with E-state index in [-0.39, 0.29) is 5.91 Å². The van der Waals surface area contributed by atoms with Gasteiger partial charge in [-0.3, -0.25) is 15.2 Å². The van der Waals surface area contributed by atoms with Crippen LogP contribution in [0.3, 0.4) is 0 Å². The molecule has 0 atom stereocenters. The second-order valence-corrected chi connectivity index (χ2v) is 5.28. The number of nitrogens with two attached hydrogens (primary N) is 1. The minimum Gasteiger partial charge on any atom is -0.290 e. The number of nitrogens with one attached hydrogen (secondary N) is 1. The number of rotatable bonds is 1. The highest BCUT2D eigenvalue weighted by molar-refractivity contribution is 6.45. The lowest BCUT2D eigenvalue weighted by atomic mass is 10.0. The lowest BCUT2D eigenvalue weighted by molar-refractivity contribution is 0.0954. The van der Waals surface area contributed by atoms with Gasteiger partial charge in [0.2, 0.25) is 0 Å². The number of aryl methyl sites for hydroxylation is 1. The molecule has 1 aromatic heterocycles. The van der Waals surface area contributed by atoms with Gasteiger partial charge >= 0.3 is 0 Å². The van der Waals surface area contributed by atoms with Crippen molar-refractivity contribution in [3.05, 3.63) is 39.0 Å². The van der Waals surface area contributed by atoms with E-state index in [2.05, 4.69) is 10.4 Å². The molecule has 3 N–H and O–H groups in total. The first-order chi connectivity index (χ1) is 9.13. The molecule has 2 aromatic rings. The summed E-state index contributed by atoms with van der Waals surface area (Å²) < 4.78 is 0. The van der Waals surface area contributed by atoms with E-state index in [1.807, 2.05) is 0 Å². The molecule has 1 aliphatic rings. The third kappa shape index (κ3) is 1.87. The third-order valence-corrected chi connectivity index (χ3v) is 4.23. The van der Waals surface area contributed by atoms with Crippen LogP contribution in [0.1, 0.15) is 28.0 Å². The van der Waals surface area contributed by atoms with Gasteiger partial charge in [0.15, 0.2) is 0 Å². The highest BCUT2D eigenvalue weighted by atomic mass is 35.5. The maximum atomic E-state index is 12.0. The minimum atomic E-state index is -0.316. The number of carbonyl (C=O) groups excluding carboxylic acids is 1. The number of hydrogen-bond donors (Lipinski definition) is 2. The van der Waals surface area contributed by atoms with Crippen molar-refractivity contribution < 1.29 is 4.79 Å². The zero-order valence-electron chi connectivity index (χ0n) is 9.96. The molecule has 0 bridgehead atoms. The average molecular weight is 296 g/mol. The summed E-state index contributed by atoms with van der Waals surface area (Å²) in [6, 6.07) is 3.43. The fourth-order valence-corrected chi connectivity index (χ4v) is 2.96. The number of benzene rings is 1. The molecule has 0 unspecified atom stereocenters. The first-order valence-corrected chi connectivity index (χ1v) is 6.69. The molecule has 3 rings (SSSR count). The van der Waals surface area contributed by atoms with Crippen LogP contribution in [0.25, 0.3) is 10.9 Å². The monoisotopic (exact) mass is 295 g/mol. The van der Waals surface area contributed by atoms with E-state index >= 15 is 0 Å². The van der Waals surface area contributed by atoms with E-state index in [0.29, 0.717) is 26.5 Å². The molecular formula is C13H11Cl2N3O. The summed E-state index contributed by atoms with van der Waals surface area (Å²) in [5.74, 6) is 4.96. The molecule has 98 valence electrons. The number of nitrogens with zero attached hydrogens (tertiary/aromatic N) is 1. The van der Waals surface area contributed by atoms with E-state index < -0.39 is 0 Å². The number of amides is 1.